The van der Waals surface area contributed by atoms with Crippen molar-refractivity contribution in [2.24, 2.45) is 0 Å². The van der Waals surface area contributed by atoms with Crippen LogP contribution >= 0.6 is 0 Å². The lowest BCUT2D eigenvalue weighted by Gasteiger charge is -2.48. The molecule has 0 spiro atoms. The van der Waals surface area contributed by atoms with Gasteiger partial charge in [-0.05, 0) is 64.2 Å². The topological polar surface area (TPSA) is 307 Å². The lowest BCUT2D eigenvalue weighted by atomic mass is 9.96. The smallest absolute Gasteiger partial charge is 0.220 e. The second-order valence-electron chi connectivity index (χ2n) is 27.4. The van der Waals surface area contributed by atoms with Crippen LogP contribution in [0.3, 0.4) is 0 Å². The number of allylic oxidation sites excluding steroid dienone is 12. The van der Waals surface area contributed by atoms with Crippen molar-refractivity contribution in [2.75, 3.05) is 26.4 Å². The first-order chi connectivity index (χ1) is 47.3. The van der Waals surface area contributed by atoms with Gasteiger partial charge in [0.15, 0.2) is 18.9 Å². The van der Waals surface area contributed by atoms with Crippen LogP contribution in [0.25, 0.3) is 0 Å². The number of unbranched alkanes of at least 4 members (excludes halogenated alkanes) is 32. The molecule has 0 aromatic carbocycles. The first-order valence-corrected chi connectivity index (χ1v) is 38.7. The zero-order valence-electron chi connectivity index (χ0n) is 60.0. The third kappa shape index (κ3) is 39.5. The Labute approximate surface area is 585 Å². The normalized spacial score (nSPS) is 27.3. The SMILES string of the molecule is CC/C=C\C/C=C\C/C=C\C/C=C\C/C=C\C/C=C\CCCCC(=O)NC(COC1OC(CO)C(OC2OC(CO)C(OC3OC(CO)C(O)C(O)C3O)C(O)C2O)C(O)C1O)C(O)CCCCCCCCCCCCCCCCCCCCCCCCCCCCCCCCC. The Bertz CT molecular complexity index is 2040. The number of ether oxygens (including phenoxy) is 6. The number of carbonyl (C=O) groups is 1. The van der Waals surface area contributed by atoms with Crippen molar-refractivity contribution in [2.45, 2.75) is 388 Å². The monoisotopic (exact) mass is 1380 g/mol. The molecule has 3 saturated heterocycles. The number of aliphatic hydroxyl groups excluding tert-OH is 11. The molecule has 3 heterocycles. The average Bonchev–Trinajstić information content (AvgIpc) is 0.789. The summed E-state index contributed by atoms with van der Waals surface area (Å²) in [5.41, 5.74) is 0. The molecule has 0 saturated carbocycles. The number of aliphatic hydroxyl groups is 11. The highest BCUT2D eigenvalue weighted by atomic mass is 16.8. The molecule has 19 nitrogen and oxygen atoms in total. The van der Waals surface area contributed by atoms with E-state index in [9.17, 15) is 61.0 Å². The summed E-state index contributed by atoms with van der Waals surface area (Å²) in [6, 6.07) is -0.917. The fraction of sp³-hybridized carbons (Fsp3) is 0.833. The minimum Gasteiger partial charge on any atom is -0.394 e. The van der Waals surface area contributed by atoms with Gasteiger partial charge in [-0.3, -0.25) is 4.79 Å². The highest BCUT2D eigenvalue weighted by Crippen LogP contribution is 2.33. The molecule has 3 aliphatic heterocycles. The number of carbonyl (C=O) groups excluding carboxylic acids is 1. The Morgan fingerprint density at radius 2 is 0.711 bits per heavy atom. The van der Waals surface area contributed by atoms with E-state index in [-0.39, 0.29) is 18.9 Å². The van der Waals surface area contributed by atoms with E-state index in [0.717, 1.165) is 70.6 Å². The maximum Gasteiger partial charge on any atom is 0.220 e. The van der Waals surface area contributed by atoms with Gasteiger partial charge in [0, 0.05) is 6.42 Å². The minimum atomic E-state index is -1.98. The molecule has 12 N–H and O–H groups in total. The molecular weight excluding hydrogens is 1240 g/mol. The summed E-state index contributed by atoms with van der Waals surface area (Å²) >= 11 is 0. The lowest BCUT2D eigenvalue weighted by Crippen LogP contribution is -2.66. The Kier molecular flexibility index (Phi) is 53.5. The predicted octanol–water partition coefficient (Wildman–Crippen LogP) is 12.1. The quantitative estimate of drug-likeness (QED) is 0.0199. The van der Waals surface area contributed by atoms with Crippen LogP contribution in [0.5, 0.6) is 0 Å². The van der Waals surface area contributed by atoms with Gasteiger partial charge in [-0.1, -0.05) is 286 Å². The molecule has 17 atom stereocenters. The fourth-order valence-electron chi connectivity index (χ4n) is 12.8. The number of amides is 1. The van der Waals surface area contributed by atoms with Crippen molar-refractivity contribution in [1.82, 2.24) is 5.32 Å². The molecular formula is C78H139NO18. The minimum absolute atomic E-state index is 0.208. The number of hydrogen-bond acceptors (Lipinski definition) is 18. The second-order valence-corrected chi connectivity index (χ2v) is 27.4. The van der Waals surface area contributed by atoms with Gasteiger partial charge in [-0.25, -0.2) is 0 Å². The first kappa shape index (κ1) is 88.4. The summed E-state index contributed by atoms with van der Waals surface area (Å²) < 4.78 is 34.5. The summed E-state index contributed by atoms with van der Waals surface area (Å²) in [7, 11) is 0. The van der Waals surface area contributed by atoms with Gasteiger partial charge >= 0.3 is 0 Å². The summed E-state index contributed by atoms with van der Waals surface area (Å²) in [6.45, 7) is 1.68. The Morgan fingerprint density at radius 1 is 0.381 bits per heavy atom. The number of hydrogen-bond donors (Lipinski definition) is 12. The molecule has 19 heteroatoms. The van der Waals surface area contributed by atoms with Gasteiger partial charge < -0.3 is 89.9 Å². The summed E-state index contributed by atoms with van der Waals surface area (Å²) in [6.07, 6.45) is 48.5. The van der Waals surface area contributed by atoms with E-state index in [4.69, 9.17) is 28.4 Å². The highest BCUT2D eigenvalue weighted by molar-refractivity contribution is 5.76. The van der Waals surface area contributed by atoms with Gasteiger partial charge in [-0.15, -0.1) is 0 Å². The van der Waals surface area contributed by atoms with Crippen molar-refractivity contribution in [3.63, 3.8) is 0 Å². The van der Waals surface area contributed by atoms with E-state index in [0.29, 0.717) is 19.3 Å². The first-order valence-electron chi connectivity index (χ1n) is 38.7. The zero-order valence-corrected chi connectivity index (χ0v) is 60.0. The molecule has 3 fully saturated rings. The summed E-state index contributed by atoms with van der Waals surface area (Å²) in [5.74, 6) is -0.284. The summed E-state index contributed by atoms with van der Waals surface area (Å²) in [4.78, 5) is 13.4. The molecule has 0 aromatic rings. The van der Waals surface area contributed by atoms with Gasteiger partial charge in [0.25, 0.3) is 0 Å². The molecule has 0 radical (unpaired) electrons. The molecule has 3 aliphatic rings. The third-order valence-electron chi connectivity index (χ3n) is 19.0. The van der Waals surface area contributed by atoms with Gasteiger partial charge in [-0.2, -0.15) is 0 Å². The van der Waals surface area contributed by atoms with Crippen molar-refractivity contribution in [1.29, 1.82) is 0 Å². The van der Waals surface area contributed by atoms with Crippen LogP contribution in [0, 0.1) is 0 Å². The van der Waals surface area contributed by atoms with Crippen molar-refractivity contribution >= 4 is 5.91 Å². The van der Waals surface area contributed by atoms with Crippen molar-refractivity contribution in [3.05, 3.63) is 72.9 Å². The largest absolute Gasteiger partial charge is 0.394 e. The second kappa shape index (κ2) is 58.7. The molecule has 3 rings (SSSR count). The zero-order chi connectivity index (χ0) is 70.4. The Balaban J connectivity index is 1.39. The van der Waals surface area contributed by atoms with Gasteiger partial charge in [0.1, 0.15) is 73.2 Å². The average molecular weight is 1380 g/mol. The van der Waals surface area contributed by atoms with Crippen LogP contribution in [-0.4, -0.2) is 193 Å². The standard InChI is InChI=1S/C78H139NO18/c1-3-5-7-9-11-13-15-17-19-21-23-25-26-27-28-29-30-31-32-33-34-36-37-39-41-43-45-47-49-51-53-55-62(83)61(79-66(84)56-54-52-50-48-46-44-42-40-38-35-24-22-20-18-16-14-12-10-8-6-4-2)60-92-76-72(90)69(87)74(64(58-81)94-76)97-78-73(91)70(88)75(65(59-82)95-78)96-77-71(89)68(86)67(85)63(57-80)93-77/h6,8,12,14,18,20,24,35,40,42,46,48,61-65,67-78,80-83,85-91H,3-5,7,9-11,13,15-17,19,21-23,25-34,36-39,41,43-45,47,49-60H2,1-2H3,(H,79,84)/b8-6-,14-12-,20-18-,35-24-,42-40-,48-46-. The maximum atomic E-state index is 13.4. The predicted molar refractivity (Wildman–Crippen MR) is 383 cm³/mol. The number of nitrogens with one attached hydrogen (secondary N) is 1. The molecule has 1 amide bonds. The van der Waals surface area contributed by atoms with Crippen LogP contribution < -0.4 is 5.32 Å². The van der Waals surface area contributed by atoms with Crippen LogP contribution in [0.15, 0.2) is 72.9 Å². The Hall–Kier alpha value is -2.77. The van der Waals surface area contributed by atoms with E-state index in [1.54, 1.807) is 0 Å². The molecule has 0 aliphatic carbocycles. The van der Waals surface area contributed by atoms with Crippen LogP contribution in [0.1, 0.15) is 284 Å². The van der Waals surface area contributed by atoms with Gasteiger partial charge in [0.05, 0.1) is 38.6 Å². The summed E-state index contributed by atoms with van der Waals surface area (Å²) in [5, 5.41) is 121. The molecule has 97 heavy (non-hydrogen) atoms. The maximum absolute atomic E-state index is 13.4. The van der Waals surface area contributed by atoms with Crippen LogP contribution in [0.4, 0.5) is 0 Å². The Morgan fingerprint density at radius 3 is 1.09 bits per heavy atom. The van der Waals surface area contributed by atoms with Crippen LogP contribution in [0.2, 0.25) is 0 Å². The van der Waals surface area contributed by atoms with E-state index in [2.05, 4.69) is 92.1 Å². The molecule has 17 unspecified atom stereocenters. The lowest BCUT2D eigenvalue weighted by molar-refractivity contribution is -0.379. The van der Waals surface area contributed by atoms with Gasteiger partial charge in [0.2, 0.25) is 5.91 Å². The molecule has 0 bridgehead atoms. The fourth-order valence-corrected chi connectivity index (χ4v) is 12.8. The number of rotatable bonds is 60. The van der Waals surface area contributed by atoms with E-state index in [1.807, 2.05) is 0 Å². The van der Waals surface area contributed by atoms with Crippen molar-refractivity contribution in [3.8, 4) is 0 Å². The molecule has 564 valence electrons. The van der Waals surface area contributed by atoms with E-state index in [1.165, 1.54) is 173 Å². The third-order valence-corrected chi connectivity index (χ3v) is 19.0. The van der Waals surface area contributed by atoms with Crippen LogP contribution in [-0.2, 0) is 33.2 Å². The van der Waals surface area contributed by atoms with Crippen molar-refractivity contribution < 1.29 is 89.4 Å². The van der Waals surface area contributed by atoms with E-state index >= 15 is 0 Å². The van der Waals surface area contributed by atoms with E-state index < -0.39 is 124 Å². The molecule has 0 aromatic heterocycles. The highest BCUT2D eigenvalue weighted by Gasteiger charge is 2.54.